The number of nitrogens with one attached hydrogen (secondary N) is 1. The van der Waals surface area contributed by atoms with Crippen molar-refractivity contribution in [2.45, 2.75) is 4.34 Å². The van der Waals surface area contributed by atoms with Crippen LogP contribution in [0.5, 0.6) is 0 Å². The molecular formula is C4H7N5OS2. The van der Waals surface area contributed by atoms with Crippen LogP contribution in [0.4, 0.5) is 5.13 Å². The molecule has 0 aliphatic heterocycles. The predicted molar refractivity (Wildman–Crippen MR) is 47.4 cm³/mol. The smallest absolute Gasteiger partial charge is 0.244 e. The van der Waals surface area contributed by atoms with E-state index in [2.05, 4.69) is 10.2 Å². The molecule has 0 saturated heterocycles. The van der Waals surface area contributed by atoms with Gasteiger partial charge in [0.1, 0.15) is 0 Å². The van der Waals surface area contributed by atoms with Crippen LogP contribution in [-0.2, 0) is 4.79 Å². The van der Waals surface area contributed by atoms with Crippen molar-refractivity contribution in [1.29, 1.82) is 0 Å². The number of aromatic nitrogens is 2. The molecule has 0 fully saturated rings. The molecule has 0 atom stereocenters. The highest BCUT2D eigenvalue weighted by molar-refractivity contribution is 8.01. The maximum absolute atomic E-state index is 10.7. The lowest BCUT2D eigenvalue weighted by Gasteiger charge is -1.94. The number of hydrogen-bond donors (Lipinski definition) is 3. The largest absolute Gasteiger partial charge is 0.374 e. The van der Waals surface area contributed by atoms with Gasteiger partial charge in [-0.25, -0.2) is 5.84 Å². The minimum Gasteiger partial charge on any atom is -0.374 e. The zero-order valence-electron chi connectivity index (χ0n) is 5.98. The van der Waals surface area contributed by atoms with E-state index < -0.39 is 0 Å². The predicted octanol–water partition coefficient (Wildman–Crippen LogP) is -0.798. The van der Waals surface area contributed by atoms with E-state index in [-0.39, 0.29) is 11.7 Å². The van der Waals surface area contributed by atoms with Gasteiger partial charge in [0, 0.05) is 0 Å². The highest BCUT2D eigenvalue weighted by atomic mass is 32.2. The minimum absolute atomic E-state index is 0.227. The Bertz CT molecular complexity index is 274. The summed E-state index contributed by atoms with van der Waals surface area (Å²) in [5.41, 5.74) is 7.33. The molecule has 0 radical (unpaired) electrons. The number of hydrazine groups is 1. The number of carbonyl (C=O) groups is 1. The van der Waals surface area contributed by atoms with E-state index in [0.29, 0.717) is 9.47 Å². The Balaban J connectivity index is 2.38. The van der Waals surface area contributed by atoms with Crippen molar-refractivity contribution >= 4 is 34.1 Å². The van der Waals surface area contributed by atoms with E-state index in [0.717, 1.165) is 0 Å². The van der Waals surface area contributed by atoms with Crippen LogP contribution in [0.25, 0.3) is 0 Å². The summed E-state index contributed by atoms with van der Waals surface area (Å²) in [6.45, 7) is 0. The number of nitrogens with zero attached hydrogens (tertiary/aromatic N) is 2. The SMILES string of the molecule is NNC(=O)CSc1nnc(N)s1. The molecule has 0 spiro atoms. The van der Waals surface area contributed by atoms with Crippen LogP contribution in [0.15, 0.2) is 4.34 Å². The summed E-state index contributed by atoms with van der Waals surface area (Å²) < 4.78 is 0.663. The first-order chi connectivity index (χ1) is 5.72. The number of rotatable bonds is 3. The molecule has 0 bridgehead atoms. The summed E-state index contributed by atoms with van der Waals surface area (Å²) in [4.78, 5) is 10.7. The number of nitrogen functional groups attached to an aromatic ring is 1. The van der Waals surface area contributed by atoms with Gasteiger partial charge in [-0.05, 0) is 0 Å². The molecule has 0 saturated carbocycles. The number of amides is 1. The molecule has 12 heavy (non-hydrogen) atoms. The maximum Gasteiger partial charge on any atom is 0.244 e. The quantitative estimate of drug-likeness (QED) is 0.258. The van der Waals surface area contributed by atoms with E-state index in [1.807, 2.05) is 5.43 Å². The second-order valence-electron chi connectivity index (χ2n) is 1.76. The average molecular weight is 205 g/mol. The van der Waals surface area contributed by atoms with Crippen molar-refractivity contribution in [3.63, 3.8) is 0 Å². The summed E-state index contributed by atoms with van der Waals surface area (Å²) in [7, 11) is 0. The monoisotopic (exact) mass is 205 g/mol. The Kier molecular flexibility index (Phi) is 3.26. The molecule has 5 N–H and O–H groups in total. The van der Waals surface area contributed by atoms with Crippen LogP contribution in [0.3, 0.4) is 0 Å². The Morgan fingerprint density at radius 3 is 2.92 bits per heavy atom. The van der Waals surface area contributed by atoms with Gasteiger partial charge in [0.05, 0.1) is 5.75 Å². The molecule has 0 unspecified atom stereocenters. The summed E-state index contributed by atoms with van der Waals surface area (Å²) in [6, 6.07) is 0. The van der Waals surface area contributed by atoms with Gasteiger partial charge in [-0.2, -0.15) is 0 Å². The summed E-state index contributed by atoms with van der Waals surface area (Å²) in [5.74, 6) is 4.84. The molecule has 0 aliphatic rings. The fourth-order valence-corrected chi connectivity index (χ4v) is 1.89. The molecular weight excluding hydrogens is 198 g/mol. The fourth-order valence-electron chi connectivity index (χ4n) is 0.448. The second-order valence-corrected chi connectivity index (χ2v) is 3.99. The lowest BCUT2D eigenvalue weighted by molar-refractivity contribution is -0.118. The average Bonchev–Trinajstić information content (AvgIpc) is 2.47. The van der Waals surface area contributed by atoms with Crippen LogP contribution in [0.1, 0.15) is 0 Å². The molecule has 0 aliphatic carbocycles. The zero-order valence-corrected chi connectivity index (χ0v) is 7.61. The number of carbonyl (C=O) groups excluding carboxylic acids is 1. The Hall–Kier alpha value is -0.860. The van der Waals surface area contributed by atoms with Crippen LogP contribution >= 0.6 is 23.1 Å². The number of nitrogens with two attached hydrogens (primary N) is 2. The van der Waals surface area contributed by atoms with Gasteiger partial charge in [0.25, 0.3) is 0 Å². The number of hydrogen-bond acceptors (Lipinski definition) is 7. The normalized spacial score (nSPS) is 9.75. The van der Waals surface area contributed by atoms with Gasteiger partial charge in [0.2, 0.25) is 11.0 Å². The van der Waals surface area contributed by atoms with Gasteiger partial charge < -0.3 is 5.73 Å². The first kappa shape index (κ1) is 9.23. The molecule has 8 heteroatoms. The lowest BCUT2D eigenvalue weighted by atomic mass is 10.8. The van der Waals surface area contributed by atoms with Crippen molar-refractivity contribution in [3.8, 4) is 0 Å². The van der Waals surface area contributed by atoms with Crippen LogP contribution in [-0.4, -0.2) is 21.9 Å². The van der Waals surface area contributed by atoms with Crippen molar-refractivity contribution in [1.82, 2.24) is 15.6 Å². The fraction of sp³-hybridized carbons (Fsp3) is 0.250. The zero-order chi connectivity index (χ0) is 8.97. The summed E-state index contributed by atoms with van der Waals surface area (Å²) >= 11 is 2.48. The van der Waals surface area contributed by atoms with Crippen molar-refractivity contribution in [2.75, 3.05) is 11.5 Å². The van der Waals surface area contributed by atoms with E-state index in [1.54, 1.807) is 0 Å². The number of anilines is 1. The topological polar surface area (TPSA) is 107 Å². The minimum atomic E-state index is -0.256. The van der Waals surface area contributed by atoms with Gasteiger partial charge in [-0.15, -0.1) is 10.2 Å². The van der Waals surface area contributed by atoms with Gasteiger partial charge in [-0.3, -0.25) is 10.2 Å². The maximum atomic E-state index is 10.7. The van der Waals surface area contributed by atoms with Crippen molar-refractivity contribution in [3.05, 3.63) is 0 Å². The van der Waals surface area contributed by atoms with Crippen LogP contribution in [0, 0.1) is 0 Å². The summed E-state index contributed by atoms with van der Waals surface area (Å²) in [5, 5.41) is 7.68. The van der Waals surface area contributed by atoms with Crippen LogP contribution < -0.4 is 17.0 Å². The Morgan fingerprint density at radius 1 is 1.67 bits per heavy atom. The third-order valence-corrected chi connectivity index (χ3v) is 2.80. The standard InChI is InChI=1S/C4H7N5OS2/c5-3-8-9-4(12-3)11-1-2(10)7-6/h1,6H2,(H2,5,8)(H,7,10). The van der Waals surface area contributed by atoms with Gasteiger partial charge in [0.15, 0.2) is 4.34 Å². The van der Waals surface area contributed by atoms with E-state index in [9.17, 15) is 4.79 Å². The van der Waals surface area contributed by atoms with Gasteiger partial charge >= 0.3 is 0 Å². The summed E-state index contributed by atoms with van der Waals surface area (Å²) in [6.07, 6.45) is 0. The highest BCUT2D eigenvalue weighted by Crippen LogP contribution is 2.22. The van der Waals surface area contributed by atoms with Crippen molar-refractivity contribution < 1.29 is 4.79 Å². The molecule has 6 nitrogen and oxygen atoms in total. The first-order valence-electron chi connectivity index (χ1n) is 2.93. The number of thioether (sulfide) groups is 1. The molecule has 1 amide bonds. The van der Waals surface area contributed by atoms with Crippen molar-refractivity contribution in [2.24, 2.45) is 5.84 Å². The van der Waals surface area contributed by atoms with Crippen LogP contribution in [0.2, 0.25) is 0 Å². The molecule has 1 aromatic rings. The van der Waals surface area contributed by atoms with E-state index in [1.165, 1.54) is 23.1 Å². The molecule has 1 rings (SSSR count). The third kappa shape index (κ3) is 2.64. The first-order valence-corrected chi connectivity index (χ1v) is 4.74. The Labute approximate surface area is 76.7 Å². The van der Waals surface area contributed by atoms with E-state index in [4.69, 9.17) is 11.6 Å². The highest BCUT2D eigenvalue weighted by Gasteiger charge is 2.04. The lowest BCUT2D eigenvalue weighted by Crippen LogP contribution is -2.31. The second kappa shape index (κ2) is 4.24. The molecule has 1 aromatic heterocycles. The molecule has 66 valence electrons. The Morgan fingerprint density at radius 2 is 2.42 bits per heavy atom. The molecule has 1 heterocycles. The van der Waals surface area contributed by atoms with Gasteiger partial charge in [-0.1, -0.05) is 23.1 Å². The molecule has 0 aromatic carbocycles. The third-order valence-electron chi connectivity index (χ3n) is 0.910. The van der Waals surface area contributed by atoms with E-state index >= 15 is 0 Å².